The lowest BCUT2D eigenvalue weighted by atomic mass is 9.94. The highest BCUT2D eigenvalue weighted by molar-refractivity contribution is 9.11. The zero-order chi connectivity index (χ0) is 109. The quantitative estimate of drug-likeness (QED) is 0.0361. The third kappa shape index (κ3) is 37.4. The Hall–Kier alpha value is -11.0. The number of methoxy groups -OCH3 is 4. The van der Waals surface area contributed by atoms with E-state index in [0.29, 0.717) is 60.0 Å². The van der Waals surface area contributed by atoms with Gasteiger partial charge in [-0.3, -0.25) is 38.4 Å². The fraction of sp³-hybridized carbons (Fsp3) is 0.330. The number of carbonyl (C=O) groups is 10. The predicted octanol–water partition coefficient (Wildman–Crippen LogP) is 17.4. The molecule has 33 nitrogen and oxygen atoms in total. The largest absolute Gasteiger partial charge is 0.480 e. The Bertz CT molecular complexity index is 6450. The van der Waals surface area contributed by atoms with Crippen molar-refractivity contribution in [2.24, 2.45) is 0 Å². The first kappa shape index (κ1) is 127. The molecule has 1 saturated heterocycles. The molecule has 0 bridgehead atoms. The summed E-state index contributed by atoms with van der Waals surface area (Å²) in [5, 5.41) is 45.3. The zero-order valence-corrected chi connectivity index (χ0v) is 93.6. The Morgan fingerprint density at radius 1 is 0.445 bits per heavy atom. The summed E-state index contributed by atoms with van der Waals surface area (Å²) in [5.41, 5.74) is 11.9. The van der Waals surface area contributed by atoms with Gasteiger partial charge in [0.2, 0.25) is 5.91 Å². The SMILES string of the molecule is COC(=O)C1(CC#N)CCc2cc(C)ccc2S1.COC(=O)C1(CC#N)CCc2cc(C)ccc2S1(=O)=O.COC(=O)C1CCc2cc(Br)ccc2S1.COC(=O)C1CCc2cc(C)ccc2S1.Cc1ccc2c(c1)CCC1(CCNC1=O)S2(=O)=O.N#CCBr.O=C(O)C1CCc2cc(Br)ccc2S1.O=C1C=CC(=O)O1.O=C1CC(C(=O)O)Sc2ccc(Br)cc21.O=C=O.O=C=O.O=C=O.O=C=O.Sc1ccc(Br)cc1. The maximum Gasteiger partial charge on any atom is 0.373 e. The average molecular weight is 2470 g/mol. The Morgan fingerprint density at radius 3 is 1.22 bits per heavy atom. The topological polar surface area (TPSA) is 546 Å². The molecule has 8 aromatic carbocycles. The number of hydrogen-bond donors (Lipinski definition) is 4. The number of carboxylic acid groups (broad SMARTS) is 2. The maximum atomic E-state index is 12.8. The highest BCUT2D eigenvalue weighted by Gasteiger charge is 2.57. The number of aryl methyl sites for hydroxylation is 10. The monoisotopic (exact) mass is 2470 g/mol. The lowest BCUT2D eigenvalue weighted by molar-refractivity contribution is -0.193. The fourth-order valence-electron chi connectivity index (χ4n) is 15.1. The number of carboxylic acids is 2. The molecule has 8 aromatic rings. The van der Waals surface area contributed by atoms with E-state index in [1.165, 1.54) is 106 Å². The minimum absolute atomic E-state index is 0.0230. The van der Waals surface area contributed by atoms with E-state index in [2.05, 4.69) is 169 Å². The lowest BCUT2D eigenvalue weighted by Gasteiger charge is -2.33. The second kappa shape index (κ2) is 63.6. The number of cyclic esters (lactones) is 2. The number of nitrogens with one attached hydrogen (secondary N) is 1. The number of Topliss-reactive ketones (excluding diaryl/α,β-unsaturated/α-hetero) is 1. The van der Waals surface area contributed by atoms with Crippen molar-refractivity contribution in [2.45, 2.75) is 205 Å². The van der Waals surface area contributed by atoms with Crippen LogP contribution in [0.25, 0.3) is 0 Å². The Balaban J connectivity index is 0.000000339. The summed E-state index contributed by atoms with van der Waals surface area (Å²) in [6.45, 7) is 8.43. The molecule has 1 spiro atoms. The number of aliphatic carboxylic acids is 2. The first-order valence-corrected chi connectivity index (χ1v) is 55.0. The van der Waals surface area contributed by atoms with Gasteiger partial charge < -0.3 is 39.2 Å². The van der Waals surface area contributed by atoms with Crippen molar-refractivity contribution >= 4 is 255 Å². The summed E-state index contributed by atoms with van der Waals surface area (Å²) in [5.74, 6) is -4.59. The third-order valence-corrected chi connectivity index (χ3v) is 36.5. The van der Waals surface area contributed by atoms with Crippen LogP contribution in [0.2, 0.25) is 0 Å². The van der Waals surface area contributed by atoms with Gasteiger partial charge in [0.25, 0.3) is 0 Å². The van der Waals surface area contributed by atoms with Gasteiger partial charge in [0.15, 0.2) is 35.0 Å². The number of alkyl halides is 1. The van der Waals surface area contributed by atoms with Crippen LogP contribution in [-0.4, -0.2) is 187 Å². The first-order valence-electron chi connectivity index (χ1n) is 43.0. The molecule has 3 N–H and O–H groups in total. The minimum atomic E-state index is -3.93. The minimum Gasteiger partial charge on any atom is -0.480 e. The van der Waals surface area contributed by atoms with Crippen LogP contribution in [0.4, 0.5) is 0 Å². The number of nitriles is 3. The second-order valence-electron chi connectivity index (χ2n) is 31.4. The molecule has 0 aromatic heterocycles. The molecule has 146 heavy (non-hydrogen) atoms. The van der Waals surface area contributed by atoms with Gasteiger partial charge in [0.05, 0.1) is 74.6 Å². The number of ketones is 1. The van der Waals surface area contributed by atoms with Crippen molar-refractivity contribution in [1.82, 2.24) is 5.32 Å². The Kier molecular flexibility index (Phi) is 55.5. The van der Waals surface area contributed by atoms with Gasteiger partial charge in [-0.05, 0) is 248 Å². The van der Waals surface area contributed by atoms with Crippen LogP contribution in [0.1, 0.15) is 130 Å². The molecule has 17 rings (SSSR count). The summed E-state index contributed by atoms with van der Waals surface area (Å²) in [7, 11) is -2.07. The number of carbonyl (C=O) groups excluding carboxylic acids is 16. The number of fused-ring (bicyclic) bond motifs is 7. The predicted molar refractivity (Wildman–Crippen MR) is 556 cm³/mol. The van der Waals surface area contributed by atoms with Crippen molar-refractivity contribution in [3.05, 3.63) is 243 Å². The highest BCUT2D eigenvalue weighted by atomic mass is 79.9. The van der Waals surface area contributed by atoms with Gasteiger partial charge in [-0.15, -0.1) is 71.4 Å². The van der Waals surface area contributed by atoms with Crippen molar-refractivity contribution in [1.29, 1.82) is 15.8 Å². The smallest absolute Gasteiger partial charge is 0.373 e. The summed E-state index contributed by atoms with van der Waals surface area (Å²) in [4.78, 5) is 184. The van der Waals surface area contributed by atoms with Gasteiger partial charge in [-0.2, -0.15) is 54.1 Å². The molecule has 772 valence electrons. The lowest BCUT2D eigenvalue weighted by Crippen LogP contribution is -2.49. The van der Waals surface area contributed by atoms with Gasteiger partial charge >= 0.3 is 72.4 Å². The van der Waals surface area contributed by atoms with Crippen LogP contribution in [0, 0.1) is 61.7 Å². The summed E-state index contributed by atoms with van der Waals surface area (Å²) < 4.78 is 74.3. The molecule has 0 aliphatic carbocycles. The van der Waals surface area contributed by atoms with Crippen LogP contribution in [0.15, 0.2) is 221 Å². The summed E-state index contributed by atoms with van der Waals surface area (Å²) in [6, 6.07) is 54.0. The summed E-state index contributed by atoms with van der Waals surface area (Å²) >= 11 is 27.8. The number of halogens is 5. The number of amides is 1. The van der Waals surface area contributed by atoms with Crippen molar-refractivity contribution < 1.29 is 137 Å². The molecule has 1 amide bonds. The van der Waals surface area contributed by atoms with E-state index < -0.39 is 75.4 Å². The molecular weight excluding hydrogens is 2380 g/mol. The van der Waals surface area contributed by atoms with E-state index in [-0.39, 0.29) is 94.1 Å². The fourth-order valence-corrected chi connectivity index (χ4v) is 26.9. The third-order valence-electron chi connectivity index (χ3n) is 21.9. The van der Waals surface area contributed by atoms with Crippen LogP contribution < -0.4 is 5.32 Å². The van der Waals surface area contributed by atoms with E-state index in [1.54, 1.807) is 59.9 Å². The van der Waals surface area contributed by atoms with Gasteiger partial charge in [-0.1, -0.05) is 150 Å². The van der Waals surface area contributed by atoms with Crippen LogP contribution in [0.3, 0.4) is 0 Å². The van der Waals surface area contributed by atoms with E-state index in [9.17, 15) is 64.8 Å². The molecule has 46 heteroatoms. The van der Waals surface area contributed by atoms with Crippen LogP contribution in [0.5, 0.6) is 0 Å². The molecule has 0 radical (unpaired) electrons. The van der Waals surface area contributed by atoms with Gasteiger partial charge in [0.1, 0.15) is 25.7 Å². The number of esters is 6. The molecule has 0 saturated carbocycles. The number of hydrogen-bond acceptors (Lipinski definition) is 36. The normalized spacial score (nSPS) is 19.2. The molecule has 9 aliphatic heterocycles. The van der Waals surface area contributed by atoms with Crippen LogP contribution in [-0.2, 0) is 163 Å². The number of sulfone groups is 2. The molecule has 1 fully saturated rings. The van der Waals surface area contributed by atoms with E-state index >= 15 is 0 Å². The number of thioether (sulfide) groups is 5. The van der Waals surface area contributed by atoms with Crippen molar-refractivity contribution in [3.8, 4) is 18.2 Å². The molecule has 9 heterocycles. The average Bonchev–Trinajstić information content (AvgIpc) is 1.40. The molecule has 7 atom stereocenters. The molecule has 9 aliphatic rings. The number of rotatable bonds is 8. The summed E-state index contributed by atoms with van der Waals surface area (Å²) in [6.07, 6.45) is 11.7. The Morgan fingerprint density at radius 2 is 0.815 bits per heavy atom. The standard InChI is InChI=1S/C14H15NO4S.C14H15NO2S.C13H15NO3S.C12H14O2S.C11H11BrO2S.C10H7BrO3S.C10H9BrO2S.C6H5BrS.C4H2O3.C2H2BrN.4CO2/c1-10-3-4-12-11(9-10)5-6-14(7-8-15,13(16)19-2)20(12,17)18;1-10-3-4-12-11(9-10)5-6-14(18-12,7-8-15)13(16)17-2;1-9-2-3-11-10(8-9)4-5-13(18(11,16)17)6-7-14-12(13)15;1-8-3-5-10-9(7-8)4-6-11(15-10)12(13)14-2;1-14-11(13)10-4-2-7-6-8(12)3-5-9(7)15-10;11-5-1-2-8-6(3-5)7(12)4-9(15-8)10(13)14;11-7-2-4-8-6(5-7)1-3-9(14-8)10(12)13;7-5-1-3-6(8)4-2-5;5-3-1-2-4(6)7-3;3-1-2-4;4*2-1-3/h3-4,9H,5-7H2,1-2H3;3-4,9H,5-7H2,1-2H3;2-3,8H,4-7H2,1H3,(H,14,15);3,5,7,11H,4,6H2,1-2H3;3,5-6,10H,2,4H2,1H3;1-3,9H,4H2,(H,13,14);2,4-5,9H,1,3H2,(H,12,13);1-4,8H;1-2H;1H2;;;;. The van der Waals surface area contributed by atoms with Gasteiger partial charge in [-0.25, -0.2) is 26.4 Å². The van der Waals surface area contributed by atoms with Crippen molar-refractivity contribution in [2.75, 3.05) is 40.3 Å². The zero-order valence-electron chi connectivity index (χ0n) is 79.1. The maximum absolute atomic E-state index is 12.8. The van der Waals surface area contributed by atoms with Crippen molar-refractivity contribution in [3.63, 3.8) is 0 Å². The number of benzene rings is 8. The first-order chi connectivity index (χ1) is 69.3. The molecular formula is C100H95Br5N4O29S8. The van der Waals surface area contributed by atoms with E-state index in [4.69, 9.17) is 78.6 Å². The Labute approximate surface area is 910 Å². The van der Waals surface area contributed by atoms with E-state index in [1.807, 2.05) is 92.7 Å². The highest BCUT2D eigenvalue weighted by Crippen LogP contribution is 2.49. The van der Waals surface area contributed by atoms with Crippen LogP contribution >= 0.6 is 151 Å². The second-order valence-corrected chi connectivity index (χ2v) is 47.0. The number of ether oxygens (including phenoxy) is 5. The number of nitrogens with zero attached hydrogens (tertiary/aromatic N) is 3. The van der Waals surface area contributed by atoms with E-state index in [0.717, 1.165) is 118 Å². The number of thiol groups is 1. The van der Waals surface area contributed by atoms with Gasteiger partial charge in [0, 0.05) is 77.9 Å². The molecule has 7 unspecified atom stereocenters.